The van der Waals surface area contributed by atoms with Gasteiger partial charge in [0.05, 0.1) is 12.4 Å². The van der Waals surface area contributed by atoms with Crippen molar-refractivity contribution in [1.29, 1.82) is 0 Å². The maximum atomic E-state index is 12.3. The molecule has 2 fully saturated rings. The zero-order chi connectivity index (χ0) is 16.1. The van der Waals surface area contributed by atoms with Crippen molar-refractivity contribution in [3.8, 4) is 0 Å². The molecule has 1 aromatic heterocycles. The minimum absolute atomic E-state index is 0.0126. The van der Waals surface area contributed by atoms with E-state index in [0.717, 1.165) is 6.54 Å². The van der Waals surface area contributed by atoms with Gasteiger partial charge in [0.1, 0.15) is 0 Å². The Balaban J connectivity index is 1.75. The maximum Gasteiger partial charge on any atom is 0.274 e. The first kappa shape index (κ1) is 16.0. The Hall–Kier alpha value is -0.890. The predicted molar refractivity (Wildman–Crippen MR) is 81.7 cm³/mol. The van der Waals surface area contributed by atoms with Crippen molar-refractivity contribution in [1.82, 2.24) is 9.62 Å². The quantitative estimate of drug-likeness (QED) is 0.863. The van der Waals surface area contributed by atoms with Crippen molar-refractivity contribution in [2.75, 3.05) is 13.6 Å². The van der Waals surface area contributed by atoms with Gasteiger partial charge < -0.3 is 14.4 Å². The molecule has 4 atom stereocenters. The van der Waals surface area contributed by atoms with E-state index in [9.17, 15) is 13.5 Å². The van der Waals surface area contributed by atoms with E-state index in [4.69, 9.17) is 4.42 Å². The van der Waals surface area contributed by atoms with Crippen LogP contribution in [-0.2, 0) is 10.0 Å². The van der Waals surface area contributed by atoms with Crippen LogP contribution < -0.4 is 4.72 Å². The highest BCUT2D eigenvalue weighted by molar-refractivity contribution is 7.89. The number of sulfonamides is 1. The molecule has 2 unspecified atom stereocenters. The Labute approximate surface area is 131 Å². The fourth-order valence-corrected chi connectivity index (χ4v) is 5.84. The molecular weight excluding hydrogens is 304 g/mol. The van der Waals surface area contributed by atoms with E-state index >= 15 is 0 Å². The normalized spacial score (nSPS) is 36.1. The van der Waals surface area contributed by atoms with Crippen LogP contribution in [-0.4, -0.2) is 50.2 Å². The highest BCUT2D eigenvalue weighted by Gasteiger charge is 2.58. The zero-order valence-electron chi connectivity index (χ0n) is 13.2. The minimum atomic E-state index is -3.71. The summed E-state index contributed by atoms with van der Waals surface area (Å²) in [5, 5.41) is 10.3. The largest absolute Gasteiger partial charge is 0.452 e. The lowest BCUT2D eigenvalue weighted by molar-refractivity contribution is -0.0827. The fraction of sp³-hybridized carbons (Fsp3) is 0.733. The van der Waals surface area contributed by atoms with Crippen molar-refractivity contribution < 1.29 is 17.9 Å². The lowest BCUT2D eigenvalue weighted by atomic mass is 9.66. The van der Waals surface area contributed by atoms with Crippen molar-refractivity contribution in [2.45, 2.75) is 50.0 Å². The molecule has 7 heteroatoms. The first-order valence-electron chi connectivity index (χ1n) is 7.69. The standard InChI is InChI=1S/C15H24N2O4S/c1-10(2)14-15(9-17(14)3)7-11(12(18)8-15)16-22(19,20)13-5-4-6-21-13/h4-6,10-12,14,16,18H,7-9H2,1-3H3/t11-,12-,14?,15?/m1/s1. The van der Waals surface area contributed by atoms with Gasteiger partial charge >= 0.3 is 0 Å². The fourth-order valence-electron chi connectivity index (χ4n) is 4.64. The van der Waals surface area contributed by atoms with Crippen LogP contribution in [0.25, 0.3) is 0 Å². The molecule has 3 rings (SSSR count). The minimum Gasteiger partial charge on any atom is -0.452 e. The maximum absolute atomic E-state index is 12.3. The zero-order valence-corrected chi connectivity index (χ0v) is 14.0. The second-order valence-electron chi connectivity index (χ2n) is 7.10. The van der Waals surface area contributed by atoms with Gasteiger partial charge in [-0.15, -0.1) is 0 Å². The molecule has 124 valence electrons. The third-order valence-electron chi connectivity index (χ3n) is 5.07. The molecule has 0 radical (unpaired) electrons. The molecule has 0 aromatic carbocycles. The van der Waals surface area contributed by atoms with Gasteiger partial charge in [0, 0.05) is 24.0 Å². The van der Waals surface area contributed by atoms with Gasteiger partial charge in [-0.05, 0) is 37.9 Å². The first-order chi connectivity index (χ1) is 10.3. The Morgan fingerprint density at radius 3 is 2.73 bits per heavy atom. The highest BCUT2D eigenvalue weighted by Crippen LogP contribution is 2.52. The predicted octanol–water partition coefficient (Wildman–Crippen LogP) is 1.04. The Morgan fingerprint density at radius 1 is 1.45 bits per heavy atom. The van der Waals surface area contributed by atoms with Crippen molar-refractivity contribution in [3.05, 3.63) is 18.4 Å². The van der Waals surface area contributed by atoms with Crippen LogP contribution in [0.3, 0.4) is 0 Å². The SMILES string of the molecule is CC(C)C1N(C)CC12C[C@@H](O)[C@H](NS(=O)(=O)c1ccco1)C2. The van der Waals surface area contributed by atoms with Crippen LogP contribution in [0.2, 0.25) is 0 Å². The molecule has 0 amide bonds. The summed E-state index contributed by atoms with van der Waals surface area (Å²) in [5.41, 5.74) is 0.0126. The number of furan rings is 1. The van der Waals surface area contributed by atoms with E-state index in [-0.39, 0.29) is 10.5 Å². The summed E-state index contributed by atoms with van der Waals surface area (Å²) in [5.74, 6) is 0.478. The van der Waals surface area contributed by atoms with E-state index in [2.05, 4.69) is 30.5 Å². The van der Waals surface area contributed by atoms with Gasteiger partial charge in [-0.25, -0.2) is 13.1 Å². The monoisotopic (exact) mass is 328 g/mol. The highest BCUT2D eigenvalue weighted by atomic mass is 32.2. The van der Waals surface area contributed by atoms with Gasteiger partial charge in [-0.2, -0.15) is 0 Å². The average Bonchev–Trinajstić information content (AvgIpc) is 2.98. The smallest absolute Gasteiger partial charge is 0.274 e. The van der Waals surface area contributed by atoms with Crippen molar-refractivity contribution >= 4 is 10.0 Å². The summed E-state index contributed by atoms with van der Waals surface area (Å²) >= 11 is 0. The third-order valence-corrected chi connectivity index (χ3v) is 6.45. The van der Waals surface area contributed by atoms with Crippen molar-refractivity contribution in [2.24, 2.45) is 11.3 Å². The van der Waals surface area contributed by atoms with E-state index in [1.54, 1.807) is 0 Å². The molecule has 2 heterocycles. The third kappa shape index (κ3) is 2.50. The number of likely N-dealkylation sites (tertiary alicyclic amines) is 1. The van der Waals surface area contributed by atoms with Crippen LogP contribution >= 0.6 is 0 Å². The topological polar surface area (TPSA) is 82.8 Å². The second-order valence-corrected chi connectivity index (χ2v) is 8.75. The van der Waals surface area contributed by atoms with E-state index < -0.39 is 22.2 Å². The number of nitrogens with one attached hydrogen (secondary N) is 1. The van der Waals surface area contributed by atoms with Crippen molar-refractivity contribution in [3.63, 3.8) is 0 Å². The summed E-state index contributed by atoms with van der Waals surface area (Å²) in [6, 6.07) is 2.88. The summed E-state index contributed by atoms with van der Waals surface area (Å²) in [4.78, 5) is 2.29. The van der Waals surface area contributed by atoms with Crippen LogP contribution in [0.1, 0.15) is 26.7 Å². The number of hydrogen-bond acceptors (Lipinski definition) is 5. The molecule has 1 aliphatic carbocycles. The summed E-state index contributed by atoms with van der Waals surface area (Å²) in [7, 11) is -1.62. The van der Waals surface area contributed by atoms with E-state index in [0.29, 0.717) is 24.8 Å². The number of rotatable bonds is 4. The van der Waals surface area contributed by atoms with Crippen LogP contribution in [0.15, 0.2) is 27.9 Å². The van der Waals surface area contributed by atoms with Crippen LogP contribution in [0, 0.1) is 11.3 Å². The molecule has 1 saturated carbocycles. The molecule has 2 aliphatic rings. The Bertz CT molecular complexity index is 623. The first-order valence-corrected chi connectivity index (χ1v) is 9.18. The Kier molecular flexibility index (Phi) is 3.87. The molecule has 22 heavy (non-hydrogen) atoms. The molecule has 1 saturated heterocycles. The number of nitrogens with zero attached hydrogens (tertiary/aromatic N) is 1. The van der Waals surface area contributed by atoms with Gasteiger partial charge in [0.15, 0.2) is 0 Å². The number of aliphatic hydroxyl groups excluding tert-OH is 1. The Morgan fingerprint density at radius 2 is 2.18 bits per heavy atom. The lowest BCUT2D eigenvalue weighted by Gasteiger charge is -2.57. The van der Waals surface area contributed by atoms with Gasteiger partial charge in [0.25, 0.3) is 10.0 Å². The second kappa shape index (κ2) is 5.33. The lowest BCUT2D eigenvalue weighted by Crippen LogP contribution is -2.64. The van der Waals surface area contributed by atoms with Gasteiger partial charge in [0.2, 0.25) is 5.09 Å². The molecule has 1 spiro atoms. The van der Waals surface area contributed by atoms with Crippen LogP contribution in [0.4, 0.5) is 0 Å². The van der Waals surface area contributed by atoms with E-state index in [1.807, 2.05) is 0 Å². The van der Waals surface area contributed by atoms with Gasteiger partial charge in [-0.3, -0.25) is 0 Å². The van der Waals surface area contributed by atoms with Crippen LogP contribution in [0.5, 0.6) is 0 Å². The summed E-state index contributed by atoms with van der Waals surface area (Å²) < 4.78 is 32.1. The average molecular weight is 328 g/mol. The number of hydrogen-bond donors (Lipinski definition) is 2. The molecular formula is C15H24N2O4S. The van der Waals surface area contributed by atoms with E-state index in [1.165, 1.54) is 18.4 Å². The molecule has 2 N–H and O–H groups in total. The molecule has 1 aliphatic heterocycles. The summed E-state index contributed by atoms with van der Waals surface area (Å²) in [6.45, 7) is 5.26. The molecule has 0 bridgehead atoms. The molecule has 1 aromatic rings. The number of aliphatic hydroxyl groups is 1. The summed E-state index contributed by atoms with van der Waals surface area (Å²) in [6.07, 6.45) is 1.99. The van der Waals surface area contributed by atoms with Gasteiger partial charge in [-0.1, -0.05) is 13.8 Å². The molecule has 6 nitrogen and oxygen atoms in total.